The first-order valence-corrected chi connectivity index (χ1v) is 5.79. The SMILES string of the molecule is CCOC(=O)CCCCc1cc(O)cc(O)c1. The lowest BCUT2D eigenvalue weighted by molar-refractivity contribution is -0.143. The number of carbonyl (C=O) groups is 1. The molecule has 2 N–H and O–H groups in total. The molecule has 4 heteroatoms. The fourth-order valence-electron chi connectivity index (χ4n) is 1.63. The highest BCUT2D eigenvalue weighted by Gasteiger charge is 2.03. The molecular formula is C13H18O4. The van der Waals surface area contributed by atoms with E-state index in [0.29, 0.717) is 13.0 Å². The average Bonchev–Trinajstić information content (AvgIpc) is 2.23. The first-order chi connectivity index (χ1) is 8.11. The van der Waals surface area contributed by atoms with Crippen LogP contribution in [0, 0.1) is 0 Å². The van der Waals surface area contributed by atoms with Crippen molar-refractivity contribution >= 4 is 5.97 Å². The molecule has 1 aromatic carbocycles. The first kappa shape index (κ1) is 13.4. The van der Waals surface area contributed by atoms with Crippen molar-refractivity contribution in [2.24, 2.45) is 0 Å². The number of aryl methyl sites for hydroxylation is 1. The Balaban J connectivity index is 2.28. The lowest BCUT2D eigenvalue weighted by Gasteiger charge is -2.04. The lowest BCUT2D eigenvalue weighted by Crippen LogP contribution is -2.03. The van der Waals surface area contributed by atoms with Gasteiger partial charge in [0.2, 0.25) is 0 Å². The predicted octanol–water partition coefficient (Wildman–Crippen LogP) is 2.37. The van der Waals surface area contributed by atoms with Crippen LogP contribution >= 0.6 is 0 Å². The Bertz CT molecular complexity index is 353. The van der Waals surface area contributed by atoms with E-state index < -0.39 is 0 Å². The Labute approximate surface area is 101 Å². The van der Waals surface area contributed by atoms with Crippen LogP contribution in [0.5, 0.6) is 11.5 Å². The van der Waals surface area contributed by atoms with E-state index in [1.54, 1.807) is 19.1 Å². The summed E-state index contributed by atoms with van der Waals surface area (Å²) in [7, 11) is 0. The maximum absolute atomic E-state index is 11.1. The summed E-state index contributed by atoms with van der Waals surface area (Å²) in [5, 5.41) is 18.5. The number of phenols is 2. The van der Waals surface area contributed by atoms with Gasteiger partial charge in [-0.15, -0.1) is 0 Å². The summed E-state index contributed by atoms with van der Waals surface area (Å²) in [6.07, 6.45) is 2.71. The van der Waals surface area contributed by atoms with Gasteiger partial charge < -0.3 is 14.9 Å². The topological polar surface area (TPSA) is 66.8 Å². The highest BCUT2D eigenvalue weighted by molar-refractivity contribution is 5.69. The molecule has 0 atom stereocenters. The molecule has 1 rings (SSSR count). The van der Waals surface area contributed by atoms with E-state index in [9.17, 15) is 15.0 Å². The summed E-state index contributed by atoms with van der Waals surface area (Å²) in [6, 6.07) is 4.52. The Morgan fingerprint density at radius 2 is 1.82 bits per heavy atom. The highest BCUT2D eigenvalue weighted by atomic mass is 16.5. The molecule has 0 bridgehead atoms. The van der Waals surface area contributed by atoms with E-state index in [2.05, 4.69) is 0 Å². The summed E-state index contributed by atoms with van der Waals surface area (Å²) in [6.45, 7) is 2.20. The first-order valence-electron chi connectivity index (χ1n) is 5.79. The molecule has 0 aliphatic rings. The summed E-state index contributed by atoms with van der Waals surface area (Å²) in [4.78, 5) is 11.1. The normalized spacial score (nSPS) is 10.2. The average molecular weight is 238 g/mol. The molecule has 0 aromatic heterocycles. The van der Waals surface area contributed by atoms with Gasteiger partial charge in [-0.25, -0.2) is 0 Å². The molecule has 0 fully saturated rings. The van der Waals surface area contributed by atoms with Crippen LogP contribution < -0.4 is 0 Å². The van der Waals surface area contributed by atoms with Gasteiger partial charge >= 0.3 is 5.97 Å². The molecule has 17 heavy (non-hydrogen) atoms. The molecule has 4 nitrogen and oxygen atoms in total. The van der Waals surface area contributed by atoms with E-state index in [-0.39, 0.29) is 17.5 Å². The third kappa shape index (κ3) is 5.24. The van der Waals surface area contributed by atoms with Crippen molar-refractivity contribution in [1.29, 1.82) is 0 Å². The van der Waals surface area contributed by atoms with Crippen LogP contribution in [0.1, 0.15) is 31.7 Å². The number of rotatable bonds is 6. The van der Waals surface area contributed by atoms with Crippen LogP contribution in [-0.2, 0) is 16.0 Å². The minimum atomic E-state index is -0.175. The van der Waals surface area contributed by atoms with Crippen molar-refractivity contribution in [3.05, 3.63) is 23.8 Å². The molecular weight excluding hydrogens is 220 g/mol. The summed E-state index contributed by atoms with van der Waals surface area (Å²) < 4.78 is 4.81. The van der Waals surface area contributed by atoms with Gasteiger partial charge in [0.05, 0.1) is 6.61 Å². The van der Waals surface area contributed by atoms with Crippen LogP contribution in [-0.4, -0.2) is 22.8 Å². The van der Waals surface area contributed by atoms with Gasteiger partial charge in [0.25, 0.3) is 0 Å². The predicted molar refractivity (Wildman–Crippen MR) is 64.0 cm³/mol. The lowest BCUT2D eigenvalue weighted by atomic mass is 10.1. The fourth-order valence-corrected chi connectivity index (χ4v) is 1.63. The smallest absolute Gasteiger partial charge is 0.305 e. The van der Waals surface area contributed by atoms with Gasteiger partial charge in [-0.2, -0.15) is 0 Å². The number of ether oxygens (including phenoxy) is 1. The molecule has 0 unspecified atom stereocenters. The monoisotopic (exact) mass is 238 g/mol. The number of hydrogen-bond donors (Lipinski definition) is 2. The van der Waals surface area contributed by atoms with Gasteiger partial charge in [-0.3, -0.25) is 4.79 Å². The second-order valence-corrected chi connectivity index (χ2v) is 3.87. The zero-order chi connectivity index (χ0) is 12.7. The van der Waals surface area contributed by atoms with Gasteiger partial charge in [0, 0.05) is 12.5 Å². The minimum Gasteiger partial charge on any atom is -0.508 e. The van der Waals surface area contributed by atoms with Crippen molar-refractivity contribution in [2.75, 3.05) is 6.61 Å². The van der Waals surface area contributed by atoms with Crippen LogP contribution in [0.15, 0.2) is 18.2 Å². The maximum Gasteiger partial charge on any atom is 0.305 e. The van der Waals surface area contributed by atoms with Crippen molar-refractivity contribution < 1.29 is 19.7 Å². The van der Waals surface area contributed by atoms with Gasteiger partial charge in [0.1, 0.15) is 11.5 Å². The van der Waals surface area contributed by atoms with Crippen LogP contribution in [0.2, 0.25) is 0 Å². The third-order valence-electron chi connectivity index (χ3n) is 2.36. The van der Waals surface area contributed by atoms with E-state index in [1.807, 2.05) is 0 Å². The summed E-state index contributed by atoms with van der Waals surface area (Å²) >= 11 is 0. The number of esters is 1. The van der Waals surface area contributed by atoms with Gasteiger partial charge in [0.15, 0.2) is 0 Å². The number of benzene rings is 1. The standard InChI is InChI=1S/C13H18O4/c1-2-17-13(16)6-4-3-5-10-7-11(14)9-12(15)8-10/h7-9,14-15H,2-6H2,1H3. The third-order valence-corrected chi connectivity index (χ3v) is 2.36. The largest absolute Gasteiger partial charge is 0.508 e. The van der Waals surface area contributed by atoms with Gasteiger partial charge in [-0.1, -0.05) is 0 Å². The van der Waals surface area contributed by atoms with Crippen molar-refractivity contribution in [2.45, 2.75) is 32.6 Å². The molecule has 0 spiro atoms. The van der Waals surface area contributed by atoms with Crippen molar-refractivity contribution in [3.8, 4) is 11.5 Å². The molecule has 1 aromatic rings. The summed E-state index contributed by atoms with van der Waals surface area (Å²) in [5.41, 5.74) is 0.867. The second-order valence-electron chi connectivity index (χ2n) is 3.87. The molecule has 0 radical (unpaired) electrons. The second kappa shape index (κ2) is 6.78. The molecule has 0 saturated heterocycles. The molecule has 0 amide bonds. The zero-order valence-corrected chi connectivity index (χ0v) is 9.98. The molecule has 0 saturated carbocycles. The highest BCUT2D eigenvalue weighted by Crippen LogP contribution is 2.21. The molecule has 0 aliphatic carbocycles. The van der Waals surface area contributed by atoms with E-state index in [0.717, 1.165) is 24.8 Å². The quantitative estimate of drug-likeness (QED) is 0.590. The Morgan fingerprint density at radius 1 is 1.18 bits per heavy atom. The number of phenolic OH excluding ortho intramolecular Hbond substituents is 2. The molecule has 0 heterocycles. The van der Waals surface area contributed by atoms with Crippen molar-refractivity contribution in [3.63, 3.8) is 0 Å². The summed E-state index contributed by atoms with van der Waals surface area (Å²) in [5.74, 6) is -0.0537. The molecule has 0 aliphatic heterocycles. The number of carbonyl (C=O) groups excluding carboxylic acids is 1. The zero-order valence-electron chi connectivity index (χ0n) is 9.98. The van der Waals surface area contributed by atoms with Crippen LogP contribution in [0.25, 0.3) is 0 Å². The Morgan fingerprint density at radius 3 is 2.41 bits per heavy atom. The van der Waals surface area contributed by atoms with E-state index in [1.165, 1.54) is 6.07 Å². The number of hydrogen-bond acceptors (Lipinski definition) is 4. The molecule has 94 valence electrons. The number of unbranched alkanes of at least 4 members (excludes halogenated alkanes) is 1. The minimum absolute atomic E-state index is 0.0605. The maximum atomic E-state index is 11.1. The number of aromatic hydroxyl groups is 2. The van der Waals surface area contributed by atoms with E-state index in [4.69, 9.17) is 4.74 Å². The van der Waals surface area contributed by atoms with Crippen molar-refractivity contribution in [1.82, 2.24) is 0 Å². The van der Waals surface area contributed by atoms with E-state index >= 15 is 0 Å². The van der Waals surface area contributed by atoms with Crippen LogP contribution in [0.3, 0.4) is 0 Å². The van der Waals surface area contributed by atoms with Crippen LogP contribution in [0.4, 0.5) is 0 Å². The Kier molecular flexibility index (Phi) is 5.33. The van der Waals surface area contributed by atoms with Gasteiger partial charge in [-0.05, 0) is 43.9 Å². The Hall–Kier alpha value is -1.71. The fraction of sp³-hybridized carbons (Fsp3) is 0.462.